The Labute approximate surface area is 149 Å². The Morgan fingerprint density at radius 2 is 1.88 bits per heavy atom. The maximum atomic E-state index is 11.9. The van der Waals surface area contributed by atoms with Crippen LogP contribution in [0, 0.1) is 10.1 Å². The van der Waals surface area contributed by atoms with Gasteiger partial charge in [-0.25, -0.2) is 4.68 Å². The summed E-state index contributed by atoms with van der Waals surface area (Å²) in [6.07, 6.45) is 6.55. The van der Waals surface area contributed by atoms with Crippen LogP contribution in [0.25, 0.3) is 11.8 Å². The average molecular weight is 348 g/mol. The summed E-state index contributed by atoms with van der Waals surface area (Å²) in [5.74, 6) is -0.254. The Hall–Kier alpha value is -3.74. The van der Waals surface area contributed by atoms with Crippen LogP contribution in [0.1, 0.15) is 11.1 Å². The second-order valence-corrected chi connectivity index (χ2v) is 5.53. The van der Waals surface area contributed by atoms with Gasteiger partial charge in [-0.15, -0.1) is 0 Å². The minimum atomic E-state index is -0.462. The van der Waals surface area contributed by atoms with Crippen molar-refractivity contribution in [3.8, 4) is 5.69 Å². The van der Waals surface area contributed by atoms with Gasteiger partial charge >= 0.3 is 0 Å². The number of nitrogens with one attached hydrogen (secondary N) is 1. The van der Waals surface area contributed by atoms with Crippen LogP contribution < -0.4 is 5.32 Å². The standard InChI is InChI=1S/C19H16N4O3/c24-19(11-8-15-6-9-18(10-7-15)23(25)26)20-12-16-13-21-22(14-16)17-4-2-1-3-5-17/h1-11,13-14H,12H2,(H,20,24)/b11-8+. The lowest BCUT2D eigenvalue weighted by molar-refractivity contribution is -0.384. The first kappa shape index (κ1) is 17.1. The highest BCUT2D eigenvalue weighted by Crippen LogP contribution is 2.12. The second kappa shape index (κ2) is 7.89. The zero-order valence-corrected chi connectivity index (χ0v) is 13.8. The topological polar surface area (TPSA) is 90.1 Å². The van der Waals surface area contributed by atoms with Crippen LogP contribution in [-0.2, 0) is 11.3 Å². The fraction of sp³-hybridized carbons (Fsp3) is 0.0526. The summed E-state index contributed by atoms with van der Waals surface area (Å²) >= 11 is 0. The number of nitro benzene ring substituents is 1. The van der Waals surface area contributed by atoms with Crippen LogP contribution in [0.2, 0.25) is 0 Å². The average Bonchev–Trinajstić information content (AvgIpc) is 3.15. The Morgan fingerprint density at radius 1 is 1.15 bits per heavy atom. The minimum Gasteiger partial charge on any atom is -0.348 e. The lowest BCUT2D eigenvalue weighted by Crippen LogP contribution is -2.19. The van der Waals surface area contributed by atoms with Gasteiger partial charge in [0, 0.05) is 36.5 Å². The second-order valence-electron chi connectivity index (χ2n) is 5.53. The monoisotopic (exact) mass is 348 g/mol. The van der Waals surface area contributed by atoms with Crippen molar-refractivity contribution < 1.29 is 9.72 Å². The number of carbonyl (C=O) groups is 1. The molecule has 0 saturated carbocycles. The van der Waals surface area contributed by atoms with E-state index >= 15 is 0 Å². The first-order valence-electron chi connectivity index (χ1n) is 7.91. The van der Waals surface area contributed by atoms with Gasteiger partial charge in [0.05, 0.1) is 16.8 Å². The highest BCUT2D eigenvalue weighted by molar-refractivity contribution is 5.91. The number of rotatable bonds is 6. The maximum Gasteiger partial charge on any atom is 0.269 e. The summed E-state index contributed by atoms with van der Waals surface area (Å²) in [5.41, 5.74) is 2.55. The Bertz CT molecular complexity index is 931. The fourth-order valence-electron chi connectivity index (χ4n) is 2.30. The third kappa shape index (κ3) is 4.41. The van der Waals surface area contributed by atoms with Crippen LogP contribution in [0.5, 0.6) is 0 Å². The number of hydrogen-bond acceptors (Lipinski definition) is 4. The molecule has 0 aliphatic rings. The molecule has 1 amide bonds. The molecule has 0 radical (unpaired) electrons. The van der Waals surface area contributed by atoms with Crippen LogP contribution in [0.3, 0.4) is 0 Å². The molecular formula is C19H16N4O3. The van der Waals surface area contributed by atoms with Crippen molar-refractivity contribution in [3.05, 3.63) is 94.3 Å². The summed E-state index contributed by atoms with van der Waals surface area (Å²) in [6, 6.07) is 15.7. The fourth-order valence-corrected chi connectivity index (χ4v) is 2.30. The number of amides is 1. The number of aromatic nitrogens is 2. The summed E-state index contributed by atoms with van der Waals surface area (Å²) in [4.78, 5) is 22.1. The zero-order chi connectivity index (χ0) is 18.4. The van der Waals surface area contributed by atoms with E-state index in [1.54, 1.807) is 29.1 Å². The molecule has 0 fully saturated rings. The van der Waals surface area contributed by atoms with Crippen molar-refractivity contribution in [2.24, 2.45) is 0 Å². The molecule has 0 saturated heterocycles. The molecule has 1 heterocycles. The lowest BCUT2D eigenvalue weighted by Gasteiger charge is -2.00. The SMILES string of the molecule is O=C(/C=C/c1ccc([N+](=O)[O-])cc1)NCc1cnn(-c2ccccc2)c1. The van der Waals surface area contributed by atoms with Crippen molar-refractivity contribution in [3.63, 3.8) is 0 Å². The predicted molar refractivity (Wildman–Crippen MR) is 97.5 cm³/mol. The molecule has 3 aromatic rings. The molecule has 1 N–H and O–H groups in total. The molecule has 130 valence electrons. The minimum absolute atomic E-state index is 0.0158. The summed E-state index contributed by atoms with van der Waals surface area (Å²) < 4.78 is 1.74. The van der Waals surface area contributed by atoms with E-state index in [0.29, 0.717) is 12.1 Å². The van der Waals surface area contributed by atoms with Gasteiger partial charge in [0.2, 0.25) is 5.91 Å². The molecule has 0 unspecified atom stereocenters. The van der Waals surface area contributed by atoms with Crippen LogP contribution >= 0.6 is 0 Å². The Balaban J connectivity index is 1.54. The van der Waals surface area contributed by atoms with Crippen molar-refractivity contribution in [1.29, 1.82) is 0 Å². The molecule has 0 aliphatic carbocycles. The first-order valence-corrected chi connectivity index (χ1v) is 7.91. The highest BCUT2D eigenvalue weighted by atomic mass is 16.6. The van der Waals surface area contributed by atoms with Crippen LogP contribution in [0.15, 0.2) is 73.1 Å². The van der Waals surface area contributed by atoms with Gasteiger partial charge in [0.15, 0.2) is 0 Å². The number of para-hydroxylation sites is 1. The summed E-state index contributed by atoms with van der Waals surface area (Å²) in [7, 11) is 0. The van der Waals surface area contributed by atoms with Gasteiger partial charge in [-0.1, -0.05) is 18.2 Å². The zero-order valence-electron chi connectivity index (χ0n) is 13.8. The molecule has 0 spiro atoms. The van der Waals surface area contributed by atoms with Crippen LogP contribution in [0.4, 0.5) is 5.69 Å². The van der Waals surface area contributed by atoms with Gasteiger partial charge in [-0.05, 0) is 35.9 Å². The van der Waals surface area contributed by atoms with E-state index in [9.17, 15) is 14.9 Å². The largest absolute Gasteiger partial charge is 0.348 e. The van der Waals surface area contributed by atoms with Crippen LogP contribution in [-0.4, -0.2) is 20.6 Å². The normalized spacial score (nSPS) is 10.8. The Morgan fingerprint density at radius 3 is 2.58 bits per heavy atom. The summed E-state index contributed by atoms with van der Waals surface area (Å²) in [5, 5.41) is 17.7. The highest BCUT2D eigenvalue weighted by Gasteiger charge is 2.04. The lowest BCUT2D eigenvalue weighted by atomic mass is 10.2. The third-order valence-corrected chi connectivity index (χ3v) is 3.65. The van der Waals surface area contributed by atoms with Gasteiger partial charge in [-0.2, -0.15) is 5.10 Å². The number of carbonyl (C=O) groups excluding carboxylic acids is 1. The quantitative estimate of drug-likeness (QED) is 0.421. The van der Waals surface area contributed by atoms with E-state index in [0.717, 1.165) is 11.3 Å². The van der Waals surface area contributed by atoms with Gasteiger partial charge in [0.25, 0.3) is 5.69 Å². The molecule has 0 atom stereocenters. The van der Waals surface area contributed by atoms with Crippen molar-refractivity contribution >= 4 is 17.7 Å². The van der Waals surface area contributed by atoms with Crippen molar-refractivity contribution in [2.45, 2.75) is 6.54 Å². The van der Waals surface area contributed by atoms with Gasteiger partial charge < -0.3 is 5.32 Å². The number of non-ortho nitro benzene ring substituents is 1. The number of nitrogens with zero attached hydrogens (tertiary/aromatic N) is 3. The van der Waals surface area contributed by atoms with E-state index in [1.807, 2.05) is 36.5 Å². The molecule has 3 rings (SSSR count). The molecule has 7 nitrogen and oxygen atoms in total. The molecule has 2 aromatic carbocycles. The maximum absolute atomic E-state index is 11.9. The summed E-state index contributed by atoms with van der Waals surface area (Å²) in [6.45, 7) is 0.357. The van der Waals surface area contributed by atoms with E-state index in [4.69, 9.17) is 0 Å². The molecule has 26 heavy (non-hydrogen) atoms. The first-order chi connectivity index (χ1) is 12.6. The number of benzene rings is 2. The number of nitro groups is 1. The van der Waals surface area contributed by atoms with E-state index in [-0.39, 0.29) is 11.6 Å². The van der Waals surface area contributed by atoms with E-state index in [1.165, 1.54) is 18.2 Å². The molecule has 1 aromatic heterocycles. The van der Waals surface area contributed by atoms with Gasteiger partial charge in [0.1, 0.15) is 0 Å². The van der Waals surface area contributed by atoms with E-state index in [2.05, 4.69) is 10.4 Å². The molecule has 0 bridgehead atoms. The van der Waals surface area contributed by atoms with E-state index < -0.39 is 4.92 Å². The smallest absolute Gasteiger partial charge is 0.269 e. The predicted octanol–water partition coefficient (Wildman–Crippen LogP) is 3.11. The molecular weight excluding hydrogens is 332 g/mol. The molecule has 0 aliphatic heterocycles. The Kier molecular flexibility index (Phi) is 5.19. The van der Waals surface area contributed by atoms with Crippen molar-refractivity contribution in [1.82, 2.24) is 15.1 Å². The van der Waals surface area contributed by atoms with Crippen molar-refractivity contribution in [2.75, 3.05) is 0 Å². The third-order valence-electron chi connectivity index (χ3n) is 3.65. The molecule has 7 heteroatoms. The van der Waals surface area contributed by atoms with Gasteiger partial charge in [-0.3, -0.25) is 14.9 Å². The number of hydrogen-bond donors (Lipinski definition) is 1.